The lowest BCUT2D eigenvalue weighted by Crippen LogP contribution is -2.54. The van der Waals surface area contributed by atoms with Gasteiger partial charge in [-0.3, -0.25) is 13.9 Å². The number of sulfonamides is 1. The number of nitrogens with one attached hydrogen (secondary N) is 1. The number of hydrogen-bond donors (Lipinski definition) is 1. The summed E-state index contributed by atoms with van der Waals surface area (Å²) in [7, 11) is -4.39. The summed E-state index contributed by atoms with van der Waals surface area (Å²) in [6.45, 7) is 4.75. The topological polar surface area (TPSA) is 86.8 Å². The first-order valence-corrected chi connectivity index (χ1v) is 16.4. The quantitative estimate of drug-likeness (QED) is 0.192. The summed E-state index contributed by atoms with van der Waals surface area (Å²) >= 11 is 3.47. The van der Waals surface area contributed by atoms with Gasteiger partial charge in [-0.2, -0.15) is 0 Å². The molecular formula is C34H35BrFN3O4S. The van der Waals surface area contributed by atoms with E-state index in [4.69, 9.17) is 0 Å². The molecule has 0 bridgehead atoms. The molecule has 0 radical (unpaired) electrons. The van der Waals surface area contributed by atoms with Crippen LogP contribution < -0.4 is 9.62 Å². The molecule has 0 saturated heterocycles. The van der Waals surface area contributed by atoms with Gasteiger partial charge in [0.05, 0.1) is 10.6 Å². The summed E-state index contributed by atoms with van der Waals surface area (Å²) in [6.07, 6.45) is 0.184. The molecule has 2 amide bonds. The number of benzene rings is 4. The molecule has 1 N–H and O–H groups in total. The minimum absolute atomic E-state index is 0.0109. The largest absolute Gasteiger partial charge is 0.352 e. The molecule has 10 heteroatoms. The molecule has 44 heavy (non-hydrogen) atoms. The van der Waals surface area contributed by atoms with Crippen LogP contribution >= 0.6 is 15.9 Å². The highest BCUT2D eigenvalue weighted by molar-refractivity contribution is 9.10. The van der Waals surface area contributed by atoms with Crippen molar-refractivity contribution in [2.75, 3.05) is 10.8 Å². The van der Waals surface area contributed by atoms with Gasteiger partial charge in [0.25, 0.3) is 10.0 Å². The molecule has 0 aromatic heterocycles. The molecule has 7 nitrogen and oxygen atoms in total. The first kappa shape index (κ1) is 32.9. The van der Waals surface area contributed by atoms with Crippen LogP contribution in [0.5, 0.6) is 0 Å². The number of nitrogens with zero attached hydrogens (tertiary/aromatic N) is 2. The van der Waals surface area contributed by atoms with Crippen LogP contribution in [0.1, 0.15) is 30.5 Å². The van der Waals surface area contributed by atoms with Crippen molar-refractivity contribution in [1.29, 1.82) is 0 Å². The summed E-state index contributed by atoms with van der Waals surface area (Å²) in [4.78, 5) is 29.4. The highest BCUT2D eigenvalue weighted by Gasteiger charge is 2.35. The van der Waals surface area contributed by atoms with Gasteiger partial charge in [-0.15, -0.1) is 0 Å². The molecule has 4 rings (SSSR count). The molecule has 0 unspecified atom stereocenters. The van der Waals surface area contributed by atoms with Gasteiger partial charge in [0, 0.05) is 23.5 Å². The molecule has 0 heterocycles. The first-order chi connectivity index (χ1) is 21.0. The van der Waals surface area contributed by atoms with E-state index in [1.807, 2.05) is 75.4 Å². The summed E-state index contributed by atoms with van der Waals surface area (Å²) in [5, 5.41) is 2.92. The van der Waals surface area contributed by atoms with Crippen LogP contribution in [-0.2, 0) is 32.6 Å². The van der Waals surface area contributed by atoms with E-state index < -0.39 is 34.3 Å². The third kappa shape index (κ3) is 8.33. The van der Waals surface area contributed by atoms with Crippen LogP contribution in [0, 0.1) is 12.7 Å². The van der Waals surface area contributed by atoms with Gasteiger partial charge < -0.3 is 10.2 Å². The lowest BCUT2D eigenvalue weighted by molar-refractivity contribution is -0.140. The van der Waals surface area contributed by atoms with Crippen molar-refractivity contribution in [3.8, 4) is 0 Å². The number of aryl methyl sites for hydroxylation is 1. The Balaban J connectivity index is 1.82. The molecule has 4 aromatic rings. The van der Waals surface area contributed by atoms with E-state index in [-0.39, 0.29) is 35.5 Å². The summed E-state index contributed by atoms with van der Waals surface area (Å²) in [5.74, 6) is -1.84. The van der Waals surface area contributed by atoms with Gasteiger partial charge in [0.15, 0.2) is 0 Å². The van der Waals surface area contributed by atoms with Crippen LogP contribution in [0.3, 0.4) is 0 Å². The lowest BCUT2D eigenvalue weighted by atomic mass is 10.0. The second-order valence-electron chi connectivity index (χ2n) is 10.8. The average Bonchev–Trinajstić information content (AvgIpc) is 2.98. The SMILES string of the molecule is Cc1ccc(S(=O)(=O)N(CC(=O)N(Cc2cccc(Br)c2)[C@H](Cc2ccccc2)C(=O)NC(C)C)c2ccccc2F)cc1. The predicted octanol–water partition coefficient (Wildman–Crippen LogP) is 6.26. The Hall–Kier alpha value is -4.02. The normalized spacial score (nSPS) is 12.0. The zero-order chi connectivity index (χ0) is 31.9. The highest BCUT2D eigenvalue weighted by atomic mass is 79.9. The van der Waals surface area contributed by atoms with E-state index in [1.54, 1.807) is 12.1 Å². The minimum Gasteiger partial charge on any atom is -0.352 e. The molecule has 0 spiro atoms. The van der Waals surface area contributed by atoms with E-state index in [0.717, 1.165) is 31.5 Å². The molecule has 4 aromatic carbocycles. The zero-order valence-electron chi connectivity index (χ0n) is 24.8. The monoisotopic (exact) mass is 679 g/mol. The number of amides is 2. The van der Waals surface area contributed by atoms with Crippen LogP contribution in [-0.4, -0.2) is 43.8 Å². The van der Waals surface area contributed by atoms with Gasteiger partial charge in [0.1, 0.15) is 18.4 Å². The molecule has 1 atom stereocenters. The molecular weight excluding hydrogens is 645 g/mol. The number of anilines is 1. The Bertz CT molecular complexity index is 1700. The summed E-state index contributed by atoms with van der Waals surface area (Å²) in [5.41, 5.74) is 2.12. The Morgan fingerprint density at radius 1 is 0.864 bits per heavy atom. The van der Waals surface area contributed by atoms with Gasteiger partial charge >= 0.3 is 0 Å². The van der Waals surface area contributed by atoms with Crippen LogP contribution in [0.15, 0.2) is 112 Å². The number of carbonyl (C=O) groups excluding carboxylic acids is 2. The maximum absolute atomic E-state index is 15.2. The van der Waals surface area contributed by atoms with Crippen LogP contribution in [0.4, 0.5) is 10.1 Å². The molecule has 0 saturated carbocycles. The Kier molecular flexibility index (Phi) is 10.9. The molecule has 0 aliphatic rings. The number of carbonyl (C=O) groups is 2. The number of halogens is 2. The Morgan fingerprint density at radius 3 is 2.14 bits per heavy atom. The molecule has 0 fully saturated rings. The van der Waals surface area contributed by atoms with E-state index >= 15 is 4.39 Å². The van der Waals surface area contributed by atoms with Crippen LogP contribution in [0.2, 0.25) is 0 Å². The third-order valence-electron chi connectivity index (χ3n) is 6.95. The first-order valence-electron chi connectivity index (χ1n) is 14.2. The van der Waals surface area contributed by atoms with Gasteiger partial charge in [-0.05, 0) is 68.3 Å². The van der Waals surface area contributed by atoms with Crippen molar-refractivity contribution in [2.24, 2.45) is 0 Å². The van der Waals surface area contributed by atoms with E-state index in [1.165, 1.54) is 35.2 Å². The van der Waals surface area contributed by atoms with Gasteiger partial charge in [-0.1, -0.05) is 88.2 Å². The van der Waals surface area contributed by atoms with Crippen LogP contribution in [0.25, 0.3) is 0 Å². The van der Waals surface area contributed by atoms with Gasteiger partial charge in [-0.25, -0.2) is 12.8 Å². The number of rotatable bonds is 12. The fraction of sp³-hybridized carbons (Fsp3) is 0.235. The van der Waals surface area contributed by atoms with Crippen molar-refractivity contribution in [3.63, 3.8) is 0 Å². The Labute approximate surface area is 266 Å². The second-order valence-corrected chi connectivity index (χ2v) is 13.6. The van der Waals surface area contributed by atoms with Gasteiger partial charge in [0.2, 0.25) is 11.8 Å². The summed E-state index contributed by atoms with van der Waals surface area (Å²) in [6, 6.07) is 27.0. The number of hydrogen-bond acceptors (Lipinski definition) is 4. The smallest absolute Gasteiger partial charge is 0.264 e. The fourth-order valence-corrected chi connectivity index (χ4v) is 6.64. The van der Waals surface area contributed by atoms with Crippen molar-refractivity contribution in [1.82, 2.24) is 10.2 Å². The maximum atomic E-state index is 15.2. The van der Waals surface area contributed by atoms with E-state index in [0.29, 0.717) is 0 Å². The average molecular weight is 681 g/mol. The van der Waals surface area contributed by atoms with Crippen molar-refractivity contribution in [2.45, 2.75) is 50.7 Å². The maximum Gasteiger partial charge on any atom is 0.264 e. The molecule has 230 valence electrons. The zero-order valence-corrected chi connectivity index (χ0v) is 27.2. The third-order valence-corrected chi connectivity index (χ3v) is 9.22. The second kappa shape index (κ2) is 14.6. The van der Waals surface area contributed by atoms with E-state index in [2.05, 4.69) is 21.2 Å². The number of para-hydroxylation sites is 1. The minimum atomic E-state index is -4.39. The van der Waals surface area contributed by atoms with Crippen molar-refractivity contribution in [3.05, 3.63) is 130 Å². The summed E-state index contributed by atoms with van der Waals surface area (Å²) < 4.78 is 44.8. The van der Waals surface area contributed by atoms with E-state index in [9.17, 15) is 18.0 Å². The Morgan fingerprint density at radius 2 is 1.50 bits per heavy atom. The highest BCUT2D eigenvalue weighted by Crippen LogP contribution is 2.27. The molecule has 0 aliphatic heterocycles. The predicted molar refractivity (Wildman–Crippen MR) is 174 cm³/mol. The fourth-order valence-electron chi connectivity index (χ4n) is 4.77. The standard InChI is InChI=1S/C34H35BrFN3O4S/c1-24(2)37-34(41)32(21-26-10-5-4-6-11-26)38(22-27-12-9-13-28(35)20-27)33(40)23-39(31-15-8-7-14-30(31)36)44(42,43)29-18-16-25(3)17-19-29/h4-20,24,32H,21-23H2,1-3H3,(H,37,41)/t32-/m1/s1. The van der Waals surface area contributed by atoms with Crippen molar-refractivity contribution < 1.29 is 22.4 Å². The molecule has 0 aliphatic carbocycles. The van der Waals surface area contributed by atoms with Crippen molar-refractivity contribution >= 4 is 43.5 Å². The lowest BCUT2D eigenvalue weighted by Gasteiger charge is -2.34.